The number of pyridine rings is 1. The molecule has 0 aliphatic heterocycles. The van der Waals surface area contributed by atoms with Gasteiger partial charge < -0.3 is 15.5 Å². The predicted molar refractivity (Wildman–Crippen MR) is 119 cm³/mol. The van der Waals surface area contributed by atoms with Crippen molar-refractivity contribution in [2.24, 2.45) is 10.7 Å². The summed E-state index contributed by atoms with van der Waals surface area (Å²) in [5.41, 5.74) is 2.86. The molecular formula is C21H34N6O2. The van der Waals surface area contributed by atoms with E-state index >= 15 is 0 Å². The summed E-state index contributed by atoms with van der Waals surface area (Å²) in [7, 11) is 5.37. The highest BCUT2D eigenvalue weighted by Gasteiger charge is 2.20. The molecule has 1 atom stereocenters. The molecule has 0 saturated carbocycles. The number of anilines is 2. The Labute approximate surface area is 173 Å². The van der Waals surface area contributed by atoms with Gasteiger partial charge in [0.2, 0.25) is 5.91 Å². The molecule has 160 valence electrons. The van der Waals surface area contributed by atoms with Crippen molar-refractivity contribution in [1.29, 1.82) is 0 Å². The van der Waals surface area contributed by atoms with Crippen LogP contribution in [0.2, 0.25) is 0 Å². The zero-order chi connectivity index (χ0) is 21.6. The van der Waals surface area contributed by atoms with Crippen molar-refractivity contribution < 1.29 is 4.79 Å². The Bertz CT molecular complexity index is 754. The van der Waals surface area contributed by atoms with Crippen molar-refractivity contribution in [2.75, 3.05) is 44.6 Å². The lowest BCUT2D eigenvalue weighted by Gasteiger charge is -2.25. The number of carbonyl (C=O) groups excluding carboxylic acids is 1. The molecule has 0 aromatic carbocycles. The Kier molecular flexibility index (Phi) is 7.73. The summed E-state index contributed by atoms with van der Waals surface area (Å²) in [6, 6.07) is 4.08. The third-order valence-electron chi connectivity index (χ3n) is 4.68. The van der Waals surface area contributed by atoms with Crippen molar-refractivity contribution in [3.05, 3.63) is 28.8 Å². The average molecular weight is 403 g/mol. The number of nitroso groups, excluding NO2 is 1. The monoisotopic (exact) mass is 402 g/mol. The number of hydrogen-bond acceptors (Lipinski definition) is 6. The first-order chi connectivity index (χ1) is 13.6. The van der Waals surface area contributed by atoms with E-state index in [9.17, 15) is 9.70 Å². The quantitative estimate of drug-likeness (QED) is 0.512. The van der Waals surface area contributed by atoms with Crippen molar-refractivity contribution in [2.45, 2.75) is 46.1 Å². The highest BCUT2D eigenvalue weighted by molar-refractivity contribution is 5.78. The molecular weight excluding hydrogens is 368 g/mol. The molecule has 2 rings (SSSR count). The molecule has 1 aliphatic rings. The maximum atomic E-state index is 12.0. The van der Waals surface area contributed by atoms with Crippen LogP contribution in [-0.2, 0) is 4.79 Å². The third-order valence-corrected chi connectivity index (χ3v) is 4.68. The van der Waals surface area contributed by atoms with E-state index in [2.05, 4.69) is 42.8 Å². The van der Waals surface area contributed by atoms with Crippen LogP contribution in [-0.4, -0.2) is 56.1 Å². The summed E-state index contributed by atoms with van der Waals surface area (Å²) in [6.07, 6.45) is 4.60. The maximum absolute atomic E-state index is 12.0. The van der Waals surface area contributed by atoms with E-state index < -0.39 is 0 Å². The number of allylic oxidation sites excluding steroid dienone is 1. The minimum absolute atomic E-state index is 0.0465. The molecule has 0 bridgehead atoms. The number of hydrogen-bond donors (Lipinski definition) is 2. The fourth-order valence-electron chi connectivity index (χ4n) is 3.17. The first-order valence-corrected chi connectivity index (χ1v) is 10.0. The summed E-state index contributed by atoms with van der Waals surface area (Å²) >= 11 is 0. The lowest BCUT2D eigenvalue weighted by Crippen LogP contribution is -2.40. The topological polar surface area (TPSA) is 89.9 Å². The Hall–Kier alpha value is -2.48. The second-order valence-corrected chi connectivity index (χ2v) is 9.09. The molecule has 1 aromatic heterocycles. The Morgan fingerprint density at radius 2 is 2.00 bits per heavy atom. The van der Waals surface area contributed by atoms with Crippen LogP contribution in [0.1, 0.15) is 45.7 Å². The van der Waals surface area contributed by atoms with E-state index in [4.69, 9.17) is 4.98 Å². The fraction of sp³-hybridized carbons (Fsp3) is 0.619. The maximum Gasteiger partial charge on any atom is 0.234 e. The van der Waals surface area contributed by atoms with Crippen LogP contribution in [0.4, 0.5) is 11.5 Å². The predicted octanol–water partition coefficient (Wildman–Crippen LogP) is 3.27. The van der Waals surface area contributed by atoms with E-state index in [0.717, 1.165) is 42.8 Å². The van der Waals surface area contributed by atoms with E-state index in [1.54, 1.807) is 7.05 Å². The van der Waals surface area contributed by atoms with Gasteiger partial charge in [0, 0.05) is 19.6 Å². The number of aromatic nitrogens is 1. The second kappa shape index (κ2) is 9.82. The van der Waals surface area contributed by atoms with Gasteiger partial charge in [-0.05, 0) is 56.5 Å². The third kappa shape index (κ3) is 7.12. The lowest BCUT2D eigenvalue weighted by molar-refractivity contribution is -0.122. The summed E-state index contributed by atoms with van der Waals surface area (Å²) in [6.45, 7) is 7.58. The van der Waals surface area contributed by atoms with Crippen molar-refractivity contribution >= 4 is 23.0 Å². The van der Waals surface area contributed by atoms with Gasteiger partial charge >= 0.3 is 0 Å². The van der Waals surface area contributed by atoms with Gasteiger partial charge in [0.1, 0.15) is 0 Å². The molecule has 1 unspecified atom stereocenters. The van der Waals surface area contributed by atoms with Crippen LogP contribution < -0.4 is 15.6 Å². The summed E-state index contributed by atoms with van der Waals surface area (Å²) < 4.78 is 0. The van der Waals surface area contributed by atoms with Gasteiger partial charge in [0.05, 0.1) is 23.2 Å². The van der Waals surface area contributed by atoms with Crippen LogP contribution in [0.5, 0.6) is 0 Å². The van der Waals surface area contributed by atoms with E-state index in [1.165, 1.54) is 5.01 Å². The van der Waals surface area contributed by atoms with Crippen molar-refractivity contribution in [1.82, 2.24) is 15.2 Å². The van der Waals surface area contributed by atoms with Gasteiger partial charge in [-0.15, -0.1) is 4.91 Å². The van der Waals surface area contributed by atoms with Gasteiger partial charge in [-0.2, -0.15) is 0 Å². The first-order valence-electron chi connectivity index (χ1n) is 10.0. The van der Waals surface area contributed by atoms with Gasteiger partial charge in [0.15, 0.2) is 5.82 Å². The lowest BCUT2D eigenvalue weighted by atomic mass is 9.93. The van der Waals surface area contributed by atoms with Gasteiger partial charge in [-0.25, -0.2) is 9.99 Å². The van der Waals surface area contributed by atoms with E-state index in [1.807, 2.05) is 31.1 Å². The highest BCUT2D eigenvalue weighted by atomic mass is 16.3. The van der Waals surface area contributed by atoms with Crippen LogP contribution in [0.15, 0.2) is 23.5 Å². The molecule has 1 aliphatic carbocycles. The Balaban J connectivity index is 2.12. The van der Waals surface area contributed by atoms with Crippen molar-refractivity contribution in [3.63, 3.8) is 0 Å². The number of amides is 1. The minimum Gasteiger partial charge on any atom is -0.381 e. The van der Waals surface area contributed by atoms with E-state index in [-0.39, 0.29) is 17.4 Å². The zero-order valence-corrected chi connectivity index (χ0v) is 18.5. The number of nitrogens with one attached hydrogen (secondary N) is 2. The molecule has 0 fully saturated rings. The number of rotatable bonds is 8. The normalized spacial score (nSPS) is 16.9. The molecule has 0 spiro atoms. The van der Waals surface area contributed by atoms with E-state index in [0.29, 0.717) is 12.4 Å². The van der Waals surface area contributed by atoms with Gasteiger partial charge in [-0.1, -0.05) is 26.8 Å². The smallest absolute Gasteiger partial charge is 0.234 e. The van der Waals surface area contributed by atoms with Gasteiger partial charge in [0.25, 0.3) is 0 Å². The highest BCUT2D eigenvalue weighted by Crippen LogP contribution is 2.31. The Morgan fingerprint density at radius 3 is 2.55 bits per heavy atom. The van der Waals surface area contributed by atoms with Crippen LogP contribution in [0.3, 0.4) is 0 Å². The molecule has 1 aromatic rings. The van der Waals surface area contributed by atoms with Gasteiger partial charge in [-0.3, -0.25) is 4.79 Å². The molecule has 1 amide bonds. The molecule has 8 nitrogen and oxygen atoms in total. The molecule has 8 heteroatoms. The summed E-state index contributed by atoms with van der Waals surface area (Å²) in [5.74, 6) is 0.564. The fourth-order valence-corrected chi connectivity index (χ4v) is 3.17. The number of nitrogens with zero attached hydrogens (tertiary/aromatic N) is 4. The molecule has 2 N–H and O–H groups in total. The van der Waals surface area contributed by atoms with Crippen molar-refractivity contribution in [3.8, 4) is 0 Å². The van der Waals surface area contributed by atoms with Crippen LogP contribution in [0.25, 0.3) is 5.57 Å². The minimum atomic E-state index is 0.0465. The van der Waals surface area contributed by atoms with Crippen LogP contribution >= 0.6 is 0 Å². The number of likely N-dealkylation sites (N-methyl/N-ethyl adjacent to an activating group) is 1. The zero-order valence-electron chi connectivity index (χ0n) is 18.5. The Morgan fingerprint density at radius 1 is 1.28 bits per heavy atom. The summed E-state index contributed by atoms with van der Waals surface area (Å²) in [4.78, 5) is 29.6. The molecule has 29 heavy (non-hydrogen) atoms. The first kappa shape index (κ1) is 22.8. The molecule has 1 heterocycles. The molecule has 0 saturated heterocycles. The number of carbonyl (C=O) groups is 1. The largest absolute Gasteiger partial charge is 0.381 e. The SMILES string of the molecule is CN(C)CC(=O)NC1CC=C(c2ccc(NCC(C)(C)C)c(N(C)N=O)n2)CC1. The standard InChI is InChI=1S/C21H34N6O2/c1-21(2,3)14-22-18-12-11-17(24-20(18)27(6)25-29)15-7-9-16(10-8-15)23-19(28)13-26(4)5/h7,11-12,16,22H,8-10,13-14H2,1-6H3,(H,23,28). The average Bonchev–Trinajstić information content (AvgIpc) is 2.65. The van der Waals surface area contributed by atoms with Crippen LogP contribution in [0, 0.1) is 10.3 Å². The second-order valence-electron chi connectivity index (χ2n) is 9.09. The summed E-state index contributed by atoms with van der Waals surface area (Å²) in [5, 5.41) is 10.7. The molecule has 0 radical (unpaired) electrons.